The molecule has 2 unspecified atom stereocenters. The van der Waals surface area contributed by atoms with Crippen LogP contribution in [-0.4, -0.2) is 23.6 Å². The zero-order valence-corrected chi connectivity index (χ0v) is 9.33. The number of nitrogens with zero attached hydrogens (tertiary/aromatic N) is 2. The van der Waals surface area contributed by atoms with E-state index in [1.54, 1.807) is 11.3 Å². The van der Waals surface area contributed by atoms with Gasteiger partial charge < -0.3 is 10.6 Å². The summed E-state index contributed by atoms with van der Waals surface area (Å²) in [5.74, 6) is 0. The van der Waals surface area contributed by atoms with Crippen LogP contribution >= 0.6 is 11.3 Å². The van der Waals surface area contributed by atoms with Gasteiger partial charge in [-0.1, -0.05) is 0 Å². The van der Waals surface area contributed by atoms with Gasteiger partial charge in [-0.15, -0.1) is 11.3 Å². The van der Waals surface area contributed by atoms with Gasteiger partial charge in [-0.3, -0.25) is 0 Å². The maximum absolute atomic E-state index is 5.80. The summed E-state index contributed by atoms with van der Waals surface area (Å²) >= 11 is 1.71. The van der Waals surface area contributed by atoms with Crippen molar-refractivity contribution in [3.8, 4) is 0 Å². The lowest BCUT2D eigenvalue weighted by Crippen LogP contribution is -2.49. The Labute approximate surface area is 88.9 Å². The lowest BCUT2D eigenvalue weighted by molar-refractivity contribution is 0.400. The van der Waals surface area contributed by atoms with E-state index >= 15 is 0 Å². The summed E-state index contributed by atoms with van der Waals surface area (Å²) in [7, 11) is 0. The summed E-state index contributed by atoms with van der Waals surface area (Å²) in [6.07, 6.45) is 5.64. The highest BCUT2D eigenvalue weighted by Crippen LogP contribution is 2.29. The zero-order chi connectivity index (χ0) is 9.97. The normalized spacial score (nSPS) is 28.0. The van der Waals surface area contributed by atoms with Crippen molar-refractivity contribution in [2.24, 2.45) is 5.73 Å². The van der Waals surface area contributed by atoms with Gasteiger partial charge in [0.25, 0.3) is 0 Å². The highest BCUT2D eigenvalue weighted by atomic mass is 32.1. The van der Waals surface area contributed by atoms with Gasteiger partial charge in [0.1, 0.15) is 0 Å². The third kappa shape index (κ3) is 1.77. The van der Waals surface area contributed by atoms with Crippen LogP contribution in [0, 0.1) is 0 Å². The summed E-state index contributed by atoms with van der Waals surface area (Å²) in [4.78, 5) is 6.77. The van der Waals surface area contributed by atoms with Crippen molar-refractivity contribution in [1.82, 2.24) is 4.98 Å². The van der Waals surface area contributed by atoms with Crippen molar-refractivity contribution >= 4 is 16.5 Å². The highest BCUT2D eigenvalue weighted by molar-refractivity contribution is 7.13. The molecular formula is C10H17N3S. The number of rotatable bonds is 2. The van der Waals surface area contributed by atoms with E-state index < -0.39 is 0 Å². The van der Waals surface area contributed by atoms with E-state index in [0.29, 0.717) is 12.1 Å². The van der Waals surface area contributed by atoms with Crippen LogP contribution in [0.1, 0.15) is 26.2 Å². The Morgan fingerprint density at radius 3 is 3.14 bits per heavy atom. The van der Waals surface area contributed by atoms with Crippen LogP contribution in [0.2, 0.25) is 0 Å². The molecule has 1 aliphatic heterocycles. The molecule has 1 saturated heterocycles. The van der Waals surface area contributed by atoms with Gasteiger partial charge in [0.2, 0.25) is 0 Å². The molecule has 1 aromatic heterocycles. The highest BCUT2D eigenvalue weighted by Gasteiger charge is 2.28. The molecule has 3 nitrogen and oxygen atoms in total. The monoisotopic (exact) mass is 211 g/mol. The lowest BCUT2D eigenvalue weighted by Gasteiger charge is -2.40. The fraction of sp³-hybridized carbons (Fsp3) is 0.700. The summed E-state index contributed by atoms with van der Waals surface area (Å²) in [5, 5.41) is 3.16. The molecule has 2 atom stereocenters. The van der Waals surface area contributed by atoms with Crippen molar-refractivity contribution in [3.63, 3.8) is 0 Å². The number of hydrogen-bond donors (Lipinski definition) is 1. The maximum atomic E-state index is 5.80. The summed E-state index contributed by atoms with van der Waals surface area (Å²) in [5.41, 5.74) is 5.80. The Balaban J connectivity index is 2.19. The first-order chi connectivity index (χ1) is 6.83. The van der Waals surface area contributed by atoms with Crippen LogP contribution in [0.5, 0.6) is 0 Å². The van der Waals surface area contributed by atoms with Gasteiger partial charge >= 0.3 is 0 Å². The van der Waals surface area contributed by atoms with E-state index in [2.05, 4.69) is 16.8 Å². The second-order valence-corrected chi connectivity index (χ2v) is 4.76. The molecule has 2 heterocycles. The first kappa shape index (κ1) is 9.93. The van der Waals surface area contributed by atoms with Crippen molar-refractivity contribution in [2.45, 2.75) is 38.3 Å². The Morgan fingerprint density at radius 2 is 2.50 bits per heavy atom. The van der Waals surface area contributed by atoms with Crippen LogP contribution in [-0.2, 0) is 0 Å². The Kier molecular flexibility index (Phi) is 3.03. The molecule has 14 heavy (non-hydrogen) atoms. The Morgan fingerprint density at radius 1 is 1.64 bits per heavy atom. The third-order valence-electron chi connectivity index (χ3n) is 2.94. The molecule has 0 aromatic carbocycles. The average Bonchev–Trinajstić information content (AvgIpc) is 2.70. The average molecular weight is 211 g/mol. The summed E-state index contributed by atoms with van der Waals surface area (Å²) in [6, 6.07) is 1.08. The molecule has 0 saturated carbocycles. The second kappa shape index (κ2) is 4.28. The van der Waals surface area contributed by atoms with Gasteiger partial charge in [0, 0.05) is 30.2 Å². The molecule has 0 spiro atoms. The number of piperidine rings is 1. The second-order valence-electron chi connectivity index (χ2n) is 3.89. The fourth-order valence-electron chi connectivity index (χ4n) is 2.21. The van der Waals surface area contributed by atoms with Gasteiger partial charge in [0.15, 0.2) is 5.13 Å². The number of hydrogen-bond acceptors (Lipinski definition) is 4. The SMILES string of the molecule is CC1CCCC(CN)N1c1nccs1. The Bertz CT molecular complexity index is 273. The van der Waals surface area contributed by atoms with Crippen LogP contribution in [0.15, 0.2) is 11.6 Å². The molecule has 0 amide bonds. The molecule has 0 radical (unpaired) electrons. The van der Waals surface area contributed by atoms with E-state index in [9.17, 15) is 0 Å². The quantitative estimate of drug-likeness (QED) is 0.811. The van der Waals surface area contributed by atoms with Crippen LogP contribution in [0.3, 0.4) is 0 Å². The van der Waals surface area contributed by atoms with Crippen molar-refractivity contribution < 1.29 is 0 Å². The predicted octanol–water partition coefficient (Wildman–Crippen LogP) is 1.85. The largest absolute Gasteiger partial charge is 0.341 e. The van der Waals surface area contributed by atoms with Crippen LogP contribution < -0.4 is 10.6 Å². The molecule has 78 valence electrons. The molecular weight excluding hydrogens is 194 g/mol. The van der Waals surface area contributed by atoms with Gasteiger partial charge in [-0.25, -0.2) is 4.98 Å². The van der Waals surface area contributed by atoms with E-state index in [1.807, 2.05) is 11.6 Å². The summed E-state index contributed by atoms with van der Waals surface area (Å²) in [6.45, 7) is 3.01. The minimum Gasteiger partial charge on any atom is -0.341 e. The predicted molar refractivity (Wildman–Crippen MR) is 60.7 cm³/mol. The molecule has 2 rings (SSSR count). The molecule has 1 aromatic rings. The van der Waals surface area contributed by atoms with Crippen molar-refractivity contribution in [1.29, 1.82) is 0 Å². The number of anilines is 1. The van der Waals surface area contributed by atoms with Crippen molar-refractivity contribution in [3.05, 3.63) is 11.6 Å². The van der Waals surface area contributed by atoms with Gasteiger partial charge in [0.05, 0.1) is 0 Å². The van der Waals surface area contributed by atoms with E-state index in [0.717, 1.165) is 11.7 Å². The minimum absolute atomic E-state index is 0.491. The number of nitrogens with two attached hydrogens (primary N) is 1. The molecule has 1 aliphatic rings. The van der Waals surface area contributed by atoms with E-state index in [1.165, 1.54) is 19.3 Å². The molecule has 0 aliphatic carbocycles. The maximum Gasteiger partial charge on any atom is 0.185 e. The first-order valence-corrected chi connectivity index (χ1v) is 6.08. The topological polar surface area (TPSA) is 42.1 Å². The van der Waals surface area contributed by atoms with E-state index in [-0.39, 0.29) is 0 Å². The van der Waals surface area contributed by atoms with Crippen molar-refractivity contribution in [2.75, 3.05) is 11.4 Å². The van der Waals surface area contributed by atoms with Crippen LogP contribution in [0.4, 0.5) is 5.13 Å². The van der Waals surface area contributed by atoms with Crippen LogP contribution in [0.25, 0.3) is 0 Å². The Hall–Kier alpha value is -0.610. The van der Waals surface area contributed by atoms with E-state index in [4.69, 9.17) is 5.73 Å². The van der Waals surface area contributed by atoms with Gasteiger partial charge in [-0.05, 0) is 26.2 Å². The molecule has 4 heteroatoms. The number of aromatic nitrogens is 1. The zero-order valence-electron chi connectivity index (χ0n) is 8.52. The smallest absolute Gasteiger partial charge is 0.185 e. The molecule has 2 N–H and O–H groups in total. The molecule has 1 fully saturated rings. The standard InChI is InChI=1S/C10H17N3S/c1-8-3-2-4-9(7-11)13(8)10-12-5-6-14-10/h5-6,8-9H,2-4,7,11H2,1H3. The third-order valence-corrected chi connectivity index (χ3v) is 3.72. The number of thiazole rings is 1. The minimum atomic E-state index is 0.491. The fourth-order valence-corrected chi connectivity index (χ4v) is 3.02. The first-order valence-electron chi connectivity index (χ1n) is 5.21. The van der Waals surface area contributed by atoms with Gasteiger partial charge in [-0.2, -0.15) is 0 Å². The lowest BCUT2D eigenvalue weighted by atomic mass is 9.97. The summed E-state index contributed by atoms with van der Waals surface area (Å²) < 4.78 is 0. The molecule has 0 bridgehead atoms.